The summed E-state index contributed by atoms with van der Waals surface area (Å²) in [7, 11) is 0. The molecule has 1 aliphatic heterocycles. The largest absolute Gasteiger partial charge is 0.396 e. The van der Waals surface area contributed by atoms with Crippen molar-refractivity contribution in [3.63, 3.8) is 0 Å². The summed E-state index contributed by atoms with van der Waals surface area (Å²) >= 11 is 0. The van der Waals surface area contributed by atoms with Crippen LogP contribution in [-0.2, 0) is 40.3 Å². The number of nitrogens with one attached hydrogen (secondary N) is 2. The van der Waals surface area contributed by atoms with E-state index in [9.17, 15) is 9.59 Å². The van der Waals surface area contributed by atoms with Crippen molar-refractivity contribution in [2.75, 3.05) is 19.8 Å². The highest BCUT2D eigenvalue weighted by atomic mass is 16.5. The highest BCUT2D eigenvalue weighted by Crippen LogP contribution is 2.37. The highest BCUT2D eigenvalue weighted by Gasteiger charge is 2.43. The van der Waals surface area contributed by atoms with E-state index in [2.05, 4.69) is 20.8 Å². The number of carbonyl (C=O) groups excluding carboxylic acids is 2. The summed E-state index contributed by atoms with van der Waals surface area (Å²) < 4.78 is 8.02. The van der Waals surface area contributed by atoms with Crippen molar-refractivity contribution in [2.45, 2.75) is 78.1 Å². The molecular formula is C32H46N6O4. The summed E-state index contributed by atoms with van der Waals surface area (Å²) in [6.45, 7) is 5.01. The smallest absolute Gasteiger partial charge is 0.240 e. The number of aromatic nitrogens is 3. The van der Waals surface area contributed by atoms with Crippen molar-refractivity contribution in [1.82, 2.24) is 25.4 Å². The van der Waals surface area contributed by atoms with Crippen LogP contribution in [-0.4, -0.2) is 57.0 Å². The van der Waals surface area contributed by atoms with Gasteiger partial charge in [0.1, 0.15) is 11.9 Å². The molecule has 3 aromatic rings. The van der Waals surface area contributed by atoms with Crippen molar-refractivity contribution in [2.24, 2.45) is 11.1 Å². The minimum Gasteiger partial charge on any atom is -0.396 e. The number of nitrogens with two attached hydrogens (primary N) is 1. The Balaban J connectivity index is 0.00000484. The number of carbonyl (C=O) groups is 2. The Kier molecular flexibility index (Phi) is 11.8. The summed E-state index contributed by atoms with van der Waals surface area (Å²) in [5.41, 5.74) is 6.41. The zero-order chi connectivity index (χ0) is 29.3. The molecule has 42 heavy (non-hydrogen) atoms. The summed E-state index contributed by atoms with van der Waals surface area (Å²) in [6.07, 6.45) is 2.92. The number of aliphatic hydroxyl groups excluding tert-OH is 1. The van der Waals surface area contributed by atoms with Gasteiger partial charge in [-0.3, -0.25) is 9.59 Å². The van der Waals surface area contributed by atoms with Crippen LogP contribution in [0.4, 0.5) is 0 Å². The standard InChI is InChI=1S/C31H42N6O4.CH4/c1-30(2,32)28(39)34-25(22-41-21-24-13-7-4-8-14-24)27-36-35-26-20-31(15-17-37(26)27,19-23-11-5-3-6-12-23)29(40)33-16-9-10-18-38;/h3-8,11-14,25,38H,9-10,15-22,32H2,1-2H3,(H,33,40)(H,34,39);1H4/t25-,31?;/m1./s1. The van der Waals surface area contributed by atoms with Crippen molar-refractivity contribution in [3.05, 3.63) is 83.4 Å². The number of fused-ring (bicyclic) bond motifs is 1. The molecule has 2 amide bonds. The van der Waals surface area contributed by atoms with Crippen LogP contribution in [0.3, 0.4) is 0 Å². The van der Waals surface area contributed by atoms with Crippen molar-refractivity contribution in [1.29, 1.82) is 0 Å². The van der Waals surface area contributed by atoms with E-state index in [-0.39, 0.29) is 32.5 Å². The normalized spacial score (nSPS) is 17.0. The molecule has 1 aliphatic rings. The van der Waals surface area contributed by atoms with Crippen LogP contribution in [0, 0.1) is 5.41 Å². The van der Waals surface area contributed by atoms with Gasteiger partial charge in [0.25, 0.3) is 0 Å². The first-order chi connectivity index (χ1) is 19.7. The second kappa shape index (κ2) is 15.0. The van der Waals surface area contributed by atoms with Crippen LogP contribution in [0.5, 0.6) is 0 Å². The molecule has 5 N–H and O–H groups in total. The van der Waals surface area contributed by atoms with E-state index >= 15 is 0 Å². The first-order valence-electron chi connectivity index (χ1n) is 14.3. The minimum atomic E-state index is -1.08. The molecule has 0 fully saturated rings. The minimum absolute atomic E-state index is 0. The van der Waals surface area contributed by atoms with E-state index in [0.717, 1.165) is 11.1 Å². The predicted octanol–water partition coefficient (Wildman–Crippen LogP) is 3.09. The molecule has 0 bridgehead atoms. The van der Waals surface area contributed by atoms with Crippen molar-refractivity contribution in [3.8, 4) is 0 Å². The Morgan fingerprint density at radius 3 is 2.38 bits per heavy atom. The van der Waals surface area contributed by atoms with Gasteiger partial charge in [-0.25, -0.2) is 0 Å². The van der Waals surface area contributed by atoms with Gasteiger partial charge in [0, 0.05) is 26.1 Å². The van der Waals surface area contributed by atoms with Gasteiger partial charge in [-0.2, -0.15) is 0 Å². The average molecular weight is 579 g/mol. The second-order valence-electron chi connectivity index (χ2n) is 11.4. The molecule has 0 saturated heterocycles. The summed E-state index contributed by atoms with van der Waals surface area (Å²) in [5, 5.41) is 24.2. The van der Waals surface area contributed by atoms with E-state index in [1.54, 1.807) is 13.8 Å². The van der Waals surface area contributed by atoms with E-state index in [4.69, 9.17) is 15.6 Å². The lowest BCUT2D eigenvalue weighted by atomic mass is 9.73. The Bertz CT molecular complexity index is 1280. The maximum atomic E-state index is 13.6. The zero-order valence-electron chi connectivity index (χ0n) is 24.0. The fraction of sp³-hybridized carbons (Fsp3) is 0.500. The number of amides is 2. The van der Waals surface area contributed by atoms with Gasteiger partial charge in [0.15, 0.2) is 5.82 Å². The molecule has 1 unspecified atom stereocenters. The van der Waals surface area contributed by atoms with E-state index in [1.807, 2.05) is 65.2 Å². The van der Waals surface area contributed by atoms with Gasteiger partial charge in [0.05, 0.1) is 24.2 Å². The highest BCUT2D eigenvalue weighted by molar-refractivity contribution is 5.85. The monoisotopic (exact) mass is 578 g/mol. The Hall–Kier alpha value is -3.60. The Labute approximate surface area is 249 Å². The number of hydrogen-bond donors (Lipinski definition) is 4. The van der Waals surface area contributed by atoms with Gasteiger partial charge < -0.3 is 30.8 Å². The quantitative estimate of drug-likeness (QED) is 0.215. The summed E-state index contributed by atoms with van der Waals surface area (Å²) in [6, 6.07) is 19.3. The zero-order valence-corrected chi connectivity index (χ0v) is 24.0. The molecule has 2 aromatic carbocycles. The number of rotatable bonds is 14. The third-order valence-corrected chi connectivity index (χ3v) is 7.50. The summed E-state index contributed by atoms with van der Waals surface area (Å²) in [4.78, 5) is 26.5. The van der Waals surface area contributed by atoms with Gasteiger partial charge in [-0.05, 0) is 50.7 Å². The van der Waals surface area contributed by atoms with Crippen molar-refractivity contribution < 1.29 is 19.4 Å². The van der Waals surface area contributed by atoms with Crippen LogP contribution < -0.4 is 16.4 Å². The first kappa shape index (κ1) is 32.9. The lowest BCUT2D eigenvalue weighted by molar-refractivity contribution is -0.132. The molecule has 0 spiro atoms. The van der Waals surface area contributed by atoms with Gasteiger partial charge >= 0.3 is 0 Å². The fourth-order valence-corrected chi connectivity index (χ4v) is 5.13. The molecule has 228 valence electrons. The first-order valence-corrected chi connectivity index (χ1v) is 14.3. The predicted molar refractivity (Wildman–Crippen MR) is 162 cm³/mol. The molecule has 0 saturated carbocycles. The maximum Gasteiger partial charge on any atom is 0.240 e. The van der Waals surface area contributed by atoms with Gasteiger partial charge in [-0.1, -0.05) is 68.1 Å². The number of benzene rings is 2. The average Bonchev–Trinajstić information content (AvgIpc) is 3.38. The molecule has 2 heterocycles. The molecule has 0 radical (unpaired) electrons. The molecule has 0 aliphatic carbocycles. The lowest BCUT2D eigenvalue weighted by Gasteiger charge is -2.37. The molecular weight excluding hydrogens is 532 g/mol. The third kappa shape index (κ3) is 8.47. The molecule has 4 rings (SSSR count). The van der Waals surface area contributed by atoms with E-state index in [1.165, 1.54) is 0 Å². The Morgan fingerprint density at radius 2 is 1.74 bits per heavy atom. The van der Waals surface area contributed by atoms with Gasteiger partial charge in [0.2, 0.25) is 11.8 Å². The lowest BCUT2D eigenvalue weighted by Crippen LogP contribution is -2.51. The van der Waals surface area contributed by atoms with E-state index in [0.29, 0.717) is 63.4 Å². The van der Waals surface area contributed by atoms with Crippen LogP contribution in [0.25, 0.3) is 0 Å². The van der Waals surface area contributed by atoms with Gasteiger partial charge in [-0.15, -0.1) is 10.2 Å². The number of nitrogens with zero attached hydrogens (tertiary/aromatic N) is 3. The number of unbranched alkanes of at least 4 members (excludes halogenated alkanes) is 1. The molecule has 1 aromatic heterocycles. The Morgan fingerprint density at radius 1 is 1.07 bits per heavy atom. The second-order valence-corrected chi connectivity index (χ2v) is 11.4. The third-order valence-electron chi connectivity index (χ3n) is 7.50. The number of ether oxygens (including phenoxy) is 1. The number of hydrogen-bond acceptors (Lipinski definition) is 7. The summed E-state index contributed by atoms with van der Waals surface area (Å²) in [5.74, 6) is 0.944. The fourth-order valence-electron chi connectivity index (χ4n) is 5.13. The van der Waals surface area contributed by atoms with Crippen LogP contribution in [0.2, 0.25) is 0 Å². The van der Waals surface area contributed by atoms with E-state index < -0.39 is 17.0 Å². The maximum absolute atomic E-state index is 13.6. The number of aliphatic hydroxyl groups is 1. The van der Waals surface area contributed by atoms with Crippen LogP contribution in [0.15, 0.2) is 60.7 Å². The molecule has 10 nitrogen and oxygen atoms in total. The van der Waals surface area contributed by atoms with Crippen LogP contribution in [0.1, 0.15) is 69.4 Å². The van der Waals surface area contributed by atoms with Crippen LogP contribution >= 0.6 is 0 Å². The molecule has 10 heteroatoms. The SMILES string of the molecule is C.CC(C)(N)C(=O)N[C@H](COCc1ccccc1)c1nnc2n1CCC(Cc1ccccc1)(C(=O)NCCCCO)C2. The van der Waals surface area contributed by atoms with Crippen molar-refractivity contribution >= 4 is 11.8 Å². The molecule has 2 atom stereocenters. The topological polar surface area (TPSA) is 144 Å².